The maximum Gasteiger partial charge on any atom is 0.269 e. The highest BCUT2D eigenvalue weighted by Crippen LogP contribution is 2.33. The van der Waals surface area contributed by atoms with E-state index in [9.17, 15) is 9.18 Å². The number of aromatic nitrogens is 1. The fourth-order valence-corrected chi connectivity index (χ4v) is 3.72. The molecule has 122 valence electrons. The maximum absolute atomic E-state index is 13.3. The highest BCUT2D eigenvalue weighted by atomic mass is 35.5. The van der Waals surface area contributed by atoms with Gasteiger partial charge in [0.1, 0.15) is 11.5 Å². The number of fused-ring (bicyclic) bond motifs is 2. The minimum Gasteiger partial charge on any atom is -0.349 e. The number of aryl methyl sites for hydroxylation is 1. The maximum atomic E-state index is 13.3. The lowest BCUT2D eigenvalue weighted by Gasteiger charge is -2.13. The summed E-state index contributed by atoms with van der Waals surface area (Å²) in [6.45, 7) is 0. The number of nitrogens with one attached hydrogen (secondary N) is 2. The second kappa shape index (κ2) is 5.80. The molecule has 0 radical (unpaired) electrons. The van der Waals surface area contributed by atoms with Crippen LogP contribution in [0.25, 0.3) is 10.9 Å². The van der Waals surface area contributed by atoms with Gasteiger partial charge in [0.2, 0.25) is 0 Å². The summed E-state index contributed by atoms with van der Waals surface area (Å²) in [7, 11) is 0. The fraction of sp³-hybridized carbons (Fsp3) is 0.167. The van der Waals surface area contributed by atoms with Crippen molar-refractivity contribution in [2.75, 3.05) is 0 Å². The number of amides is 1. The van der Waals surface area contributed by atoms with Crippen LogP contribution in [0.15, 0.2) is 36.4 Å². The van der Waals surface area contributed by atoms with E-state index in [1.807, 2.05) is 0 Å². The minimum absolute atomic E-state index is 0.140. The van der Waals surface area contributed by atoms with Crippen molar-refractivity contribution >= 4 is 40.0 Å². The third kappa shape index (κ3) is 2.56. The number of benzene rings is 2. The summed E-state index contributed by atoms with van der Waals surface area (Å²) < 4.78 is 13.3. The Morgan fingerprint density at radius 1 is 1.21 bits per heavy atom. The monoisotopic (exact) mass is 362 g/mol. The average Bonchev–Trinajstić information content (AvgIpc) is 3.09. The molecule has 1 heterocycles. The van der Waals surface area contributed by atoms with Crippen molar-refractivity contribution in [2.45, 2.75) is 18.9 Å². The molecule has 0 saturated heterocycles. The van der Waals surface area contributed by atoms with Gasteiger partial charge in [0.15, 0.2) is 0 Å². The molecule has 24 heavy (non-hydrogen) atoms. The van der Waals surface area contributed by atoms with Gasteiger partial charge in [-0.1, -0.05) is 29.3 Å². The Morgan fingerprint density at radius 2 is 2.04 bits per heavy atom. The number of H-pyrrole nitrogens is 1. The van der Waals surface area contributed by atoms with Crippen molar-refractivity contribution < 1.29 is 9.18 Å². The first kappa shape index (κ1) is 15.5. The first-order valence-corrected chi connectivity index (χ1v) is 8.34. The number of halogens is 3. The van der Waals surface area contributed by atoms with E-state index in [2.05, 4.69) is 10.3 Å². The van der Waals surface area contributed by atoms with Gasteiger partial charge in [0, 0.05) is 15.9 Å². The van der Waals surface area contributed by atoms with E-state index in [4.69, 9.17) is 23.2 Å². The normalized spacial score (nSPS) is 16.4. The van der Waals surface area contributed by atoms with Crippen LogP contribution in [0.5, 0.6) is 0 Å². The average molecular weight is 363 g/mol. The van der Waals surface area contributed by atoms with Crippen LogP contribution >= 0.6 is 23.2 Å². The number of aromatic amines is 1. The van der Waals surface area contributed by atoms with Crippen molar-refractivity contribution in [2.24, 2.45) is 0 Å². The van der Waals surface area contributed by atoms with Gasteiger partial charge in [0.05, 0.1) is 11.1 Å². The lowest BCUT2D eigenvalue weighted by molar-refractivity contribution is 0.0932. The molecule has 1 aliphatic rings. The Kier molecular flexibility index (Phi) is 3.74. The topological polar surface area (TPSA) is 44.9 Å². The van der Waals surface area contributed by atoms with Gasteiger partial charge in [-0.3, -0.25) is 4.79 Å². The molecule has 2 aromatic carbocycles. The van der Waals surface area contributed by atoms with Crippen LogP contribution in [0.1, 0.15) is 34.1 Å². The number of rotatable bonds is 2. The molecule has 0 spiro atoms. The summed E-state index contributed by atoms with van der Waals surface area (Å²) in [5, 5.41) is 4.60. The Bertz CT molecular complexity index is 967. The minimum atomic E-state index is -0.283. The highest BCUT2D eigenvalue weighted by molar-refractivity contribution is 6.39. The first-order valence-electron chi connectivity index (χ1n) is 7.59. The molecule has 6 heteroatoms. The predicted octanol–water partition coefficient (Wildman–Crippen LogP) is 5.03. The molecule has 1 aliphatic carbocycles. The molecule has 0 aliphatic heterocycles. The van der Waals surface area contributed by atoms with Crippen molar-refractivity contribution in [1.82, 2.24) is 10.3 Å². The molecule has 1 unspecified atom stereocenters. The van der Waals surface area contributed by atoms with E-state index in [0.717, 1.165) is 29.5 Å². The predicted molar refractivity (Wildman–Crippen MR) is 93.2 cm³/mol. The SMILES string of the molecule is O=C(NC1CCc2cc(F)ccc21)c1[nH]c2ccc(Cl)cc2c1Cl. The smallest absolute Gasteiger partial charge is 0.269 e. The molecule has 1 aromatic heterocycles. The van der Waals surface area contributed by atoms with Gasteiger partial charge in [-0.25, -0.2) is 4.39 Å². The highest BCUT2D eigenvalue weighted by Gasteiger charge is 2.26. The quantitative estimate of drug-likeness (QED) is 0.659. The van der Waals surface area contributed by atoms with Crippen LogP contribution in [0.4, 0.5) is 4.39 Å². The zero-order valence-electron chi connectivity index (χ0n) is 12.5. The van der Waals surface area contributed by atoms with Gasteiger partial charge < -0.3 is 10.3 Å². The Labute approximate surface area is 147 Å². The van der Waals surface area contributed by atoms with Crippen LogP contribution < -0.4 is 5.32 Å². The number of hydrogen-bond acceptors (Lipinski definition) is 1. The zero-order chi connectivity index (χ0) is 16.8. The van der Waals surface area contributed by atoms with E-state index in [-0.39, 0.29) is 17.8 Å². The Morgan fingerprint density at radius 3 is 2.88 bits per heavy atom. The molecule has 0 fully saturated rings. The van der Waals surface area contributed by atoms with Crippen LogP contribution in [0, 0.1) is 5.82 Å². The number of hydrogen-bond donors (Lipinski definition) is 2. The summed E-state index contributed by atoms with van der Waals surface area (Å²) in [4.78, 5) is 15.7. The largest absolute Gasteiger partial charge is 0.349 e. The van der Waals surface area contributed by atoms with E-state index in [0.29, 0.717) is 21.1 Å². The second-order valence-corrected chi connectivity index (χ2v) is 6.73. The first-order chi connectivity index (χ1) is 11.5. The third-order valence-corrected chi connectivity index (χ3v) is 5.04. The molecule has 4 rings (SSSR count). The number of carbonyl (C=O) groups is 1. The summed E-state index contributed by atoms with van der Waals surface area (Å²) in [5.41, 5.74) is 2.96. The van der Waals surface area contributed by atoms with E-state index in [1.54, 1.807) is 24.3 Å². The number of carbonyl (C=O) groups excluding carboxylic acids is 1. The fourth-order valence-electron chi connectivity index (χ4n) is 3.25. The second-order valence-electron chi connectivity index (χ2n) is 5.91. The van der Waals surface area contributed by atoms with Crippen molar-refractivity contribution in [3.05, 3.63) is 69.1 Å². The van der Waals surface area contributed by atoms with Crippen LogP contribution in [0.2, 0.25) is 10.0 Å². The van der Waals surface area contributed by atoms with Crippen LogP contribution in [0.3, 0.4) is 0 Å². The van der Waals surface area contributed by atoms with Gasteiger partial charge in [-0.15, -0.1) is 0 Å². The van der Waals surface area contributed by atoms with Crippen LogP contribution in [-0.2, 0) is 6.42 Å². The lowest BCUT2D eigenvalue weighted by atomic mass is 10.1. The summed E-state index contributed by atoms with van der Waals surface area (Å²) in [6, 6.07) is 9.78. The van der Waals surface area contributed by atoms with E-state index < -0.39 is 0 Å². The molecular weight excluding hydrogens is 350 g/mol. The standard InChI is InChI=1S/C18H13Cl2FN2O/c19-10-2-6-15-13(8-10)16(20)17(22-15)18(24)23-14-5-1-9-7-11(21)3-4-12(9)14/h2-4,6-8,14,22H,1,5H2,(H,23,24). The van der Waals surface area contributed by atoms with Crippen molar-refractivity contribution in [3.8, 4) is 0 Å². The van der Waals surface area contributed by atoms with Crippen LogP contribution in [-0.4, -0.2) is 10.9 Å². The zero-order valence-corrected chi connectivity index (χ0v) is 14.0. The van der Waals surface area contributed by atoms with Gasteiger partial charge >= 0.3 is 0 Å². The molecule has 3 nitrogen and oxygen atoms in total. The summed E-state index contributed by atoms with van der Waals surface area (Å²) in [5.74, 6) is -0.536. The molecule has 1 amide bonds. The van der Waals surface area contributed by atoms with Gasteiger partial charge in [0.25, 0.3) is 5.91 Å². The molecule has 3 aromatic rings. The van der Waals surface area contributed by atoms with E-state index in [1.165, 1.54) is 12.1 Å². The van der Waals surface area contributed by atoms with Crippen molar-refractivity contribution in [1.29, 1.82) is 0 Å². The van der Waals surface area contributed by atoms with Crippen molar-refractivity contribution in [3.63, 3.8) is 0 Å². The van der Waals surface area contributed by atoms with Gasteiger partial charge in [-0.05, 0) is 54.3 Å². The molecule has 0 saturated carbocycles. The summed E-state index contributed by atoms with van der Waals surface area (Å²) in [6.07, 6.45) is 1.49. The van der Waals surface area contributed by atoms with E-state index >= 15 is 0 Å². The molecule has 1 atom stereocenters. The third-order valence-electron chi connectivity index (χ3n) is 4.41. The Hall–Kier alpha value is -2.04. The summed E-state index contributed by atoms with van der Waals surface area (Å²) >= 11 is 12.3. The lowest BCUT2D eigenvalue weighted by Crippen LogP contribution is -2.27. The molecular formula is C18H13Cl2FN2O. The molecule has 2 N–H and O–H groups in total. The Balaban J connectivity index is 1.63. The molecule has 0 bridgehead atoms. The van der Waals surface area contributed by atoms with Gasteiger partial charge in [-0.2, -0.15) is 0 Å².